The zero-order valence-electron chi connectivity index (χ0n) is 9.93. The summed E-state index contributed by atoms with van der Waals surface area (Å²) in [6.45, 7) is 2.08. The number of hydrogen-bond acceptors (Lipinski definition) is 4. The van der Waals surface area contributed by atoms with E-state index in [9.17, 15) is 13.5 Å². The molecular weight excluding hydrogens is 320 g/mol. The normalized spacial score (nSPS) is 19.5. The Labute approximate surface area is 115 Å². The predicted octanol–water partition coefficient (Wildman–Crippen LogP) is 1.18. The van der Waals surface area contributed by atoms with E-state index in [1.165, 1.54) is 10.4 Å². The lowest BCUT2D eigenvalue weighted by atomic mass is 9.94. The van der Waals surface area contributed by atoms with Gasteiger partial charge in [0.15, 0.2) is 0 Å². The van der Waals surface area contributed by atoms with Crippen molar-refractivity contribution >= 4 is 31.6 Å². The number of anilines is 1. The molecule has 100 valence electrons. The minimum Gasteiger partial charge on any atom is -0.398 e. The first-order valence-electron chi connectivity index (χ1n) is 5.56. The number of nitrogen functional groups attached to an aromatic ring is 1. The lowest BCUT2D eigenvalue weighted by Gasteiger charge is -2.44. The van der Waals surface area contributed by atoms with Crippen LogP contribution in [0.4, 0.5) is 5.69 Å². The number of aliphatic hydroxyl groups is 1. The van der Waals surface area contributed by atoms with Gasteiger partial charge in [-0.05, 0) is 24.6 Å². The van der Waals surface area contributed by atoms with Crippen LogP contribution in [0.2, 0.25) is 0 Å². The third-order valence-electron chi connectivity index (χ3n) is 3.19. The molecule has 0 atom stereocenters. The Morgan fingerprint density at radius 2 is 2.11 bits per heavy atom. The summed E-state index contributed by atoms with van der Waals surface area (Å²) in [6, 6.07) is 4.71. The Morgan fingerprint density at radius 3 is 2.67 bits per heavy atom. The Morgan fingerprint density at radius 1 is 1.50 bits per heavy atom. The van der Waals surface area contributed by atoms with Gasteiger partial charge in [0.1, 0.15) is 4.90 Å². The van der Waals surface area contributed by atoms with Crippen LogP contribution in [-0.2, 0) is 10.0 Å². The van der Waals surface area contributed by atoms with Gasteiger partial charge < -0.3 is 10.8 Å². The van der Waals surface area contributed by atoms with Gasteiger partial charge in [0, 0.05) is 17.6 Å². The number of nitrogens with zero attached hydrogens (tertiary/aromatic N) is 1. The molecule has 0 radical (unpaired) electrons. The lowest BCUT2D eigenvalue weighted by molar-refractivity contribution is -0.0613. The first-order chi connectivity index (χ1) is 8.28. The number of nitrogens with two attached hydrogens (primary N) is 1. The van der Waals surface area contributed by atoms with E-state index >= 15 is 0 Å². The van der Waals surface area contributed by atoms with Crippen LogP contribution in [0.25, 0.3) is 0 Å². The van der Waals surface area contributed by atoms with E-state index in [-0.39, 0.29) is 23.7 Å². The quantitative estimate of drug-likeness (QED) is 0.813. The number of β-amino-alcohol motifs (C(OH)–C–C–N with tert-alkyl or cyclic N) is 1. The fourth-order valence-corrected chi connectivity index (χ4v) is 4.13. The average molecular weight is 335 g/mol. The minimum atomic E-state index is -3.62. The number of sulfonamides is 1. The van der Waals surface area contributed by atoms with E-state index in [4.69, 9.17) is 5.73 Å². The highest BCUT2D eigenvalue weighted by Crippen LogP contribution is 2.33. The summed E-state index contributed by atoms with van der Waals surface area (Å²) in [7, 11) is -3.62. The summed E-state index contributed by atoms with van der Waals surface area (Å²) in [5.41, 5.74) is 5.02. The second-order valence-electron chi connectivity index (χ2n) is 4.53. The Hall–Kier alpha value is -0.630. The van der Waals surface area contributed by atoms with E-state index < -0.39 is 15.6 Å². The van der Waals surface area contributed by atoms with Gasteiger partial charge in [-0.1, -0.05) is 22.9 Å². The van der Waals surface area contributed by atoms with Crippen LogP contribution in [0.15, 0.2) is 27.6 Å². The molecule has 1 aromatic rings. The van der Waals surface area contributed by atoms with Gasteiger partial charge in [-0.2, -0.15) is 4.31 Å². The third kappa shape index (κ3) is 2.27. The molecule has 0 saturated carbocycles. The summed E-state index contributed by atoms with van der Waals surface area (Å²) < 4.78 is 26.5. The van der Waals surface area contributed by atoms with Crippen LogP contribution in [0.1, 0.15) is 13.3 Å². The Balaban J connectivity index is 2.31. The van der Waals surface area contributed by atoms with Crippen molar-refractivity contribution in [2.24, 2.45) is 0 Å². The Bertz CT molecular complexity index is 568. The summed E-state index contributed by atoms with van der Waals surface area (Å²) in [4.78, 5) is 0.0787. The van der Waals surface area contributed by atoms with Crippen LogP contribution in [0.3, 0.4) is 0 Å². The molecule has 2 rings (SSSR count). The number of benzene rings is 1. The molecule has 1 aliphatic heterocycles. The van der Waals surface area contributed by atoms with E-state index in [1.54, 1.807) is 12.1 Å². The summed E-state index contributed by atoms with van der Waals surface area (Å²) in [5, 5.41) is 9.88. The van der Waals surface area contributed by atoms with Crippen LogP contribution < -0.4 is 5.73 Å². The van der Waals surface area contributed by atoms with Crippen molar-refractivity contribution in [1.82, 2.24) is 4.31 Å². The molecule has 18 heavy (non-hydrogen) atoms. The zero-order valence-corrected chi connectivity index (χ0v) is 12.3. The monoisotopic (exact) mass is 334 g/mol. The molecule has 0 amide bonds. The number of hydrogen-bond donors (Lipinski definition) is 2. The molecular formula is C11H15BrN2O3S. The number of rotatable bonds is 3. The summed E-state index contributed by atoms with van der Waals surface area (Å²) in [6.07, 6.45) is 0.535. The number of halogens is 1. The van der Waals surface area contributed by atoms with Crippen molar-refractivity contribution < 1.29 is 13.5 Å². The van der Waals surface area contributed by atoms with Crippen molar-refractivity contribution in [3.05, 3.63) is 22.7 Å². The molecule has 0 spiro atoms. The van der Waals surface area contributed by atoms with Crippen LogP contribution in [-0.4, -0.2) is 36.5 Å². The maximum Gasteiger partial charge on any atom is 0.245 e. The maximum atomic E-state index is 12.3. The molecule has 1 saturated heterocycles. The fraction of sp³-hybridized carbons (Fsp3) is 0.455. The SMILES string of the molecule is CCC1(O)CN(S(=O)(=O)c2cc(Br)ccc2N)C1. The molecule has 1 aliphatic rings. The highest BCUT2D eigenvalue weighted by atomic mass is 79.9. The zero-order chi connectivity index (χ0) is 13.6. The summed E-state index contributed by atoms with van der Waals surface area (Å²) >= 11 is 3.23. The summed E-state index contributed by atoms with van der Waals surface area (Å²) in [5.74, 6) is 0. The van der Waals surface area contributed by atoms with Crippen molar-refractivity contribution in [2.45, 2.75) is 23.8 Å². The first kappa shape index (κ1) is 13.8. The molecule has 0 aliphatic carbocycles. The van der Waals surface area contributed by atoms with Crippen molar-refractivity contribution in [3.8, 4) is 0 Å². The van der Waals surface area contributed by atoms with Crippen molar-refractivity contribution in [1.29, 1.82) is 0 Å². The molecule has 1 heterocycles. The topological polar surface area (TPSA) is 83.6 Å². The highest BCUT2D eigenvalue weighted by molar-refractivity contribution is 9.10. The third-order valence-corrected chi connectivity index (χ3v) is 5.53. The van der Waals surface area contributed by atoms with Crippen molar-refractivity contribution in [2.75, 3.05) is 18.8 Å². The second-order valence-corrected chi connectivity index (χ2v) is 7.36. The predicted molar refractivity (Wildman–Crippen MR) is 72.6 cm³/mol. The average Bonchev–Trinajstić information content (AvgIpc) is 2.28. The molecule has 3 N–H and O–H groups in total. The van der Waals surface area contributed by atoms with Gasteiger partial charge in [0.05, 0.1) is 11.3 Å². The smallest absolute Gasteiger partial charge is 0.245 e. The molecule has 0 aromatic heterocycles. The Kier molecular flexibility index (Phi) is 3.44. The van der Waals surface area contributed by atoms with Crippen LogP contribution in [0, 0.1) is 0 Å². The molecule has 7 heteroatoms. The van der Waals surface area contributed by atoms with Gasteiger partial charge in [-0.3, -0.25) is 0 Å². The van der Waals surface area contributed by atoms with Gasteiger partial charge in [0.25, 0.3) is 0 Å². The first-order valence-corrected chi connectivity index (χ1v) is 7.79. The van der Waals surface area contributed by atoms with E-state index in [2.05, 4.69) is 15.9 Å². The minimum absolute atomic E-state index is 0.0787. The van der Waals surface area contributed by atoms with Crippen LogP contribution >= 0.6 is 15.9 Å². The van der Waals surface area contributed by atoms with Gasteiger partial charge >= 0.3 is 0 Å². The van der Waals surface area contributed by atoms with Crippen molar-refractivity contribution in [3.63, 3.8) is 0 Å². The van der Waals surface area contributed by atoms with E-state index in [0.29, 0.717) is 10.9 Å². The van der Waals surface area contributed by atoms with Gasteiger partial charge in [-0.15, -0.1) is 0 Å². The van der Waals surface area contributed by atoms with E-state index in [1.807, 2.05) is 6.92 Å². The van der Waals surface area contributed by atoms with Gasteiger partial charge in [0.2, 0.25) is 10.0 Å². The van der Waals surface area contributed by atoms with Gasteiger partial charge in [-0.25, -0.2) is 8.42 Å². The standard InChI is InChI=1S/C11H15BrN2O3S/c1-2-11(15)6-14(7-11)18(16,17)10-5-8(12)3-4-9(10)13/h3-5,15H,2,6-7,13H2,1H3. The second kappa shape index (κ2) is 4.48. The largest absolute Gasteiger partial charge is 0.398 e. The molecule has 1 aromatic carbocycles. The molecule has 0 bridgehead atoms. The fourth-order valence-electron chi connectivity index (χ4n) is 1.87. The molecule has 0 unspecified atom stereocenters. The lowest BCUT2D eigenvalue weighted by Crippen LogP contribution is -2.62. The highest BCUT2D eigenvalue weighted by Gasteiger charge is 2.46. The molecule has 1 fully saturated rings. The van der Waals surface area contributed by atoms with E-state index in [0.717, 1.165) is 0 Å². The maximum absolute atomic E-state index is 12.3. The molecule has 5 nitrogen and oxygen atoms in total. The van der Waals surface area contributed by atoms with Crippen LogP contribution in [0.5, 0.6) is 0 Å².